The Balaban J connectivity index is 1.67. The molecule has 29 heavy (non-hydrogen) atoms. The summed E-state index contributed by atoms with van der Waals surface area (Å²) in [4.78, 5) is 26.6. The normalized spacial score (nSPS) is 21.6. The summed E-state index contributed by atoms with van der Waals surface area (Å²) in [5, 5.41) is 14.2. The molecule has 1 aliphatic carbocycles. The maximum atomic E-state index is 13.7. The number of amides is 1. The van der Waals surface area contributed by atoms with Crippen LogP contribution in [0.4, 0.5) is 4.39 Å². The lowest BCUT2D eigenvalue weighted by Gasteiger charge is -2.30. The lowest BCUT2D eigenvalue weighted by atomic mass is 9.99. The molecule has 2 aliphatic rings. The number of Topliss-reactive ketones (excluding diaryl/α,β-unsaturated/α-hetero) is 1. The van der Waals surface area contributed by atoms with Crippen LogP contribution in [-0.4, -0.2) is 47.1 Å². The molecule has 1 atom stereocenters. The lowest BCUT2D eigenvalue weighted by molar-refractivity contribution is -0.127. The van der Waals surface area contributed by atoms with Gasteiger partial charge in [0.05, 0.1) is 24.0 Å². The quantitative estimate of drug-likeness (QED) is 0.466. The van der Waals surface area contributed by atoms with E-state index in [0.29, 0.717) is 18.7 Å². The van der Waals surface area contributed by atoms with Gasteiger partial charge in [0, 0.05) is 24.9 Å². The maximum Gasteiger partial charge on any atom is 0.252 e. The predicted molar refractivity (Wildman–Crippen MR) is 109 cm³/mol. The van der Waals surface area contributed by atoms with E-state index in [1.165, 1.54) is 17.7 Å². The first-order valence-corrected chi connectivity index (χ1v) is 10.2. The molecular weight excluding hydrogens is 395 g/mol. The second-order valence-corrected chi connectivity index (χ2v) is 7.37. The van der Waals surface area contributed by atoms with Crippen LogP contribution in [0.15, 0.2) is 47.1 Å². The Kier molecular flexibility index (Phi) is 7.46. The first-order chi connectivity index (χ1) is 14.0. The number of ketones is 1. The Labute approximate surface area is 174 Å². The number of aliphatic hydroxyl groups excluding tert-OH is 1. The van der Waals surface area contributed by atoms with Crippen molar-refractivity contribution in [2.24, 2.45) is 0 Å². The Morgan fingerprint density at radius 2 is 2.07 bits per heavy atom. The molecule has 0 saturated heterocycles. The van der Waals surface area contributed by atoms with Crippen molar-refractivity contribution in [3.05, 3.63) is 58.5 Å². The number of benzene rings is 1. The van der Waals surface area contributed by atoms with Crippen LogP contribution in [0.3, 0.4) is 0 Å². The number of ether oxygens (including phenoxy) is 1. The van der Waals surface area contributed by atoms with E-state index >= 15 is 0 Å². The first kappa shape index (κ1) is 21.5. The molecule has 1 amide bonds. The van der Waals surface area contributed by atoms with Gasteiger partial charge >= 0.3 is 0 Å². The van der Waals surface area contributed by atoms with Crippen molar-refractivity contribution in [1.29, 1.82) is 0 Å². The predicted octanol–water partition coefficient (Wildman–Crippen LogP) is 2.30. The van der Waals surface area contributed by atoms with Crippen LogP contribution in [0.25, 0.3) is 0 Å². The first-order valence-electron chi connectivity index (χ1n) is 9.69. The monoisotopic (exact) mass is 420 g/mol. The van der Waals surface area contributed by atoms with Crippen molar-refractivity contribution in [2.45, 2.75) is 44.4 Å². The zero-order valence-electron chi connectivity index (χ0n) is 16.0. The van der Waals surface area contributed by atoms with Crippen molar-refractivity contribution >= 4 is 24.3 Å². The van der Waals surface area contributed by atoms with Crippen LogP contribution in [0.2, 0.25) is 0 Å². The lowest BCUT2D eigenvalue weighted by Crippen LogP contribution is -2.43. The van der Waals surface area contributed by atoms with Crippen molar-refractivity contribution in [2.75, 3.05) is 13.2 Å². The number of aliphatic hydroxyl groups is 1. The second kappa shape index (κ2) is 10.0. The summed E-state index contributed by atoms with van der Waals surface area (Å²) in [6.07, 6.45) is 4.46. The molecule has 8 heteroatoms. The standard InChI is InChI=1S/C21H25FN2O4S/c22-17-8-4-1-5-14(17)11-23-21(27)16-12-24(18(13-29)20(26)19(16)25)9-10-28-15-6-2-3-7-15/h1,4-5,8,12-13,15,19,25,29H,2-3,6-7,9-11H2,(H,23,27). The minimum atomic E-state index is -1.60. The van der Waals surface area contributed by atoms with Crippen LogP contribution in [0.5, 0.6) is 0 Å². The Hall–Kier alpha value is -2.16. The Morgan fingerprint density at radius 1 is 1.34 bits per heavy atom. The van der Waals surface area contributed by atoms with Gasteiger partial charge < -0.3 is 20.1 Å². The Bertz CT molecular complexity index is 821. The fourth-order valence-electron chi connectivity index (χ4n) is 3.53. The van der Waals surface area contributed by atoms with E-state index in [1.54, 1.807) is 23.1 Å². The number of thiol groups is 1. The van der Waals surface area contributed by atoms with Crippen molar-refractivity contribution in [3.8, 4) is 0 Å². The Morgan fingerprint density at radius 3 is 2.76 bits per heavy atom. The zero-order valence-corrected chi connectivity index (χ0v) is 16.9. The van der Waals surface area contributed by atoms with E-state index in [-0.39, 0.29) is 23.9 Å². The minimum absolute atomic E-state index is 0.0518. The molecular formula is C21H25FN2O4S. The minimum Gasteiger partial charge on any atom is -0.380 e. The molecule has 1 heterocycles. The summed E-state index contributed by atoms with van der Waals surface area (Å²) in [5.41, 5.74) is 0.420. The summed E-state index contributed by atoms with van der Waals surface area (Å²) in [7, 11) is 0. The van der Waals surface area contributed by atoms with Crippen LogP contribution in [0.1, 0.15) is 31.2 Å². The van der Waals surface area contributed by atoms with Crippen LogP contribution in [-0.2, 0) is 20.9 Å². The van der Waals surface area contributed by atoms with Gasteiger partial charge in [-0.3, -0.25) is 9.59 Å². The summed E-state index contributed by atoms with van der Waals surface area (Å²) in [6, 6.07) is 6.08. The van der Waals surface area contributed by atoms with Crippen molar-refractivity contribution in [3.63, 3.8) is 0 Å². The highest BCUT2D eigenvalue weighted by atomic mass is 32.1. The van der Waals surface area contributed by atoms with E-state index in [0.717, 1.165) is 25.7 Å². The fourth-order valence-corrected chi connectivity index (χ4v) is 3.80. The fraction of sp³-hybridized carbons (Fsp3) is 0.429. The molecule has 1 unspecified atom stereocenters. The highest BCUT2D eigenvalue weighted by molar-refractivity contribution is 7.83. The molecule has 2 N–H and O–H groups in total. The average Bonchev–Trinajstić information content (AvgIpc) is 3.23. The van der Waals surface area contributed by atoms with Gasteiger partial charge in [0.25, 0.3) is 5.91 Å². The molecule has 0 bridgehead atoms. The number of carbonyl (C=O) groups is 2. The van der Waals surface area contributed by atoms with E-state index in [1.807, 2.05) is 0 Å². The van der Waals surface area contributed by atoms with Crippen LogP contribution in [0, 0.1) is 5.82 Å². The number of halogens is 1. The number of rotatable bonds is 7. The van der Waals surface area contributed by atoms with Gasteiger partial charge in [0.2, 0.25) is 5.78 Å². The van der Waals surface area contributed by atoms with Gasteiger partial charge in [-0.2, -0.15) is 0 Å². The smallest absolute Gasteiger partial charge is 0.252 e. The molecule has 1 aromatic carbocycles. The van der Waals surface area contributed by atoms with Gasteiger partial charge in [-0.05, 0) is 24.3 Å². The van der Waals surface area contributed by atoms with Gasteiger partial charge in [0.15, 0.2) is 6.10 Å². The number of hydrogen-bond acceptors (Lipinski definition) is 6. The highest BCUT2D eigenvalue weighted by Crippen LogP contribution is 2.24. The zero-order chi connectivity index (χ0) is 20.8. The van der Waals surface area contributed by atoms with E-state index in [2.05, 4.69) is 17.9 Å². The molecule has 3 rings (SSSR count). The van der Waals surface area contributed by atoms with Crippen molar-refractivity contribution in [1.82, 2.24) is 10.2 Å². The molecule has 0 radical (unpaired) electrons. The van der Waals surface area contributed by atoms with E-state index < -0.39 is 23.6 Å². The van der Waals surface area contributed by atoms with Crippen LogP contribution >= 0.6 is 12.6 Å². The number of nitrogens with one attached hydrogen (secondary N) is 1. The average molecular weight is 421 g/mol. The van der Waals surface area contributed by atoms with Gasteiger partial charge in [-0.15, -0.1) is 12.6 Å². The summed E-state index contributed by atoms with van der Waals surface area (Å²) in [5.74, 6) is -1.68. The molecule has 0 spiro atoms. The summed E-state index contributed by atoms with van der Waals surface area (Å²) in [6.45, 7) is 0.690. The molecule has 6 nitrogen and oxygen atoms in total. The molecule has 1 fully saturated rings. The maximum absolute atomic E-state index is 13.7. The molecule has 0 aromatic heterocycles. The van der Waals surface area contributed by atoms with Crippen molar-refractivity contribution < 1.29 is 23.8 Å². The molecule has 1 aliphatic heterocycles. The highest BCUT2D eigenvalue weighted by Gasteiger charge is 2.35. The molecule has 1 saturated carbocycles. The second-order valence-electron chi connectivity index (χ2n) is 7.11. The van der Waals surface area contributed by atoms with Gasteiger partial charge in [0.1, 0.15) is 5.82 Å². The third-order valence-corrected chi connectivity index (χ3v) is 5.41. The summed E-state index contributed by atoms with van der Waals surface area (Å²) < 4.78 is 19.6. The van der Waals surface area contributed by atoms with Crippen LogP contribution < -0.4 is 5.32 Å². The van der Waals surface area contributed by atoms with E-state index in [4.69, 9.17) is 4.74 Å². The molecule has 156 valence electrons. The SMILES string of the molecule is O=C(NCc1ccccc1F)C1=CN(CCOC2CCCC2)C(=CS)C(=O)C1O. The third-order valence-electron chi connectivity index (χ3n) is 5.17. The topological polar surface area (TPSA) is 78.9 Å². The number of carbonyl (C=O) groups excluding carboxylic acids is 2. The number of hydrogen-bond donors (Lipinski definition) is 3. The van der Waals surface area contributed by atoms with Gasteiger partial charge in [-0.25, -0.2) is 4.39 Å². The van der Waals surface area contributed by atoms with Gasteiger partial charge in [-0.1, -0.05) is 31.0 Å². The molecule has 1 aromatic rings. The largest absolute Gasteiger partial charge is 0.380 e. The summed E-state index contributed by atoms with van der Waals surface area (Å²) >= 11 is 4.07. The van der Waals surface area contributed by atoms with E-state index in [9.17, 15) is 19.1 Å². The number of nitrogens with zero attached hydrogens (tertiary/aromatic N) is 1. The third kappa shape index (κ3) is 5.26.